The van der Waals surface area contributed by atoms with Crippen molar-refractivity contribution < 1.29 is 0 Å². The predicted molar refractivity (Wildman–Crippen MR) is 78.5 cm³/mol. The second-order valence-electron chi connectivity index (χ2n) is 4.82. The lowest BCUT2D eigenvalue weighted by atomic mass is 9.99. The van der Waals surface area contributed by atoms with E-state index in [0.717, 1.165) is 31.0 Å². The Hall–Kier alpha value is -0.830. The molecule has 1 aliphatic heterocycles. The molecule has 0 unspecified atom stereocenters. The molecule has 0 aliphatic carbocycles. The number of fused-ring (bicyclic) bond motifs is 1. The normalized spacial score (nSPS) is 15.6. The second kappa shape index (κ2) is 5.43. The average Bonchev–Trinajstić information content (AvgIpc) is 2.89. The summed E-state index contributed by atoms with van der Waals surface area (Å²) >= 11 is 7.85. The Morgan fingerprint density at radius 3 is 3.00 bits per heavy atom. The molecule has 3 rings (SSSR count). The number of benzene rings is 1. The number of halogens is 1. The lowest BCUT2D eigenvalue weighted by Gasteiger charge is -2.28. The average molecular weight is 278 g/mol. The number of nitrogens with zero attached hydrogens (tertiary/aromatic N) is 1. The molecule has 1 nitrogen and oxygen atoms in total. The van der Waals surface area contributed by atoms with Gasteiger partial charge in [-0.25, -0.2) is 0 Å². The van der Waals surface area contributed by atoms with Gasteiger partial charge in [0.2, 0.25) is 0 Å². The lowest BCUT2D eigenvalue weighted by Crippen LogP contribution is -2.32. The molecule has 2 heterocycles. The largest absolute Gasteiger partial charge is 0.298 e. The highest BCUT2D eigenvalue weighted by molar-refractivity contribution is 7.07. The van der Waals surface area contributed by atoms with Crippen LogP contribution in [0.15, 0.2) is 35.0 Å². The maximum Gasteiger partial charge on any atom is 0.0409 e. The summed E-state index contributed by atoms with van der Waals surface area (Å²) in [6, 6.07) is 8.52. The van der Waals surface area contributed by atoms with Gasteiger partial charge in [-0.05, 0) is 58.5 Å². The predicted octanol–water partition coefficient (Wildman–Crippen LogP) is 4.00. The minimum Gasteiger partial charge on any atom is -0.298 e. The van der Waals surface area contributed by atoms with Crippen LogP contribution in [-0.4, -0.2) is 18.0 Å². The molecular weight excluding hydrogens is 262 g/mol. The molecule has 0 saturated heterocycles. The Bertz CT molecular complexity index is 521. The van der Waals surface area contributed by atoms with Crippen molar-refractivity contribution in [2.45, 2.75) is 19.4 Å². The van der Waals surface area contributed by atoms with Crippen LogP contribution in [0.5, 0.6) is 0 Å². The fraction of sp³-hybridized carbons (Fsp3) is 0.333. The van der Waals surface area contributed by atoms with Gasteiger partial charge in [0.25, 0.3) is 0 Å². The van der Waals surface area contributed by atoms with Crippen LogP contribution >= 0.6 is 22.9 Å². The highest BCUT2D eigenvalue weighted by Gasteiger charge is 2.15. The van der Waals surface area contributed by atoms with Crippen LogP contribution in [0.3, 0.4) is 0 Å². The van der Waals surface area contributed by atoms with Crippen LogP contribution in [0, 0.1) is 0 Å². The Labute approximate surface area is 117 Å². The van der Waals surface area contributed by atoms with Gasteiger partial charge < -0.3 is 0 Å². The van der Waals surface area contributed by atoms with Crippen molar-refractivity contribution in [3.63, 3.8) is 0 Å². The van der Waals surface area contributed by atoms with E-state index >= 15 is 0 Å². The molecule has 0 saturated carbocycles. The summed E-state index contributed by atoms with van der Waals surface area (Å²) in [7, 11) is 0. The molecule has 0 atom stereocenters. The fourth-order valence-electron chi connectivity index (χ4n) is 2.50. The first kappa shape index (κ1) is 12.2. The molecule has 18 heavy (non-hydrogen) atoms. The molecule has 0 bridgehead atoms. The van der Waals surface area contributed by atoms with Gasteiger partial charge in [0.15, 0.2) is 0 Å². The number of hydrogen-bond donors (Lipinski definition) is 0. The first-order chi connectivity index (χ1) is 8.81. The minimum absolute atomic E-state index is 0.855. The van der Waals surface area contributed by atoms with Gasteiger partial charge in [-0.1, -0.05) is 17.7 Å². The van der Waals surface area contributed by atoms with E-state index in [9.17, 15) is 0 Å². The zero-order valence-electron chi connectivity index (χ0n) is 10.2. The van der Waals surface area contributed by atoms with Gasteiger partial charge in [0, 0.05) is 24.7 Å². The van der Waals surface area contributed by atoms with Crippen molar-refractivity contribution in [1.82, 2.24) is 4.90 Å². The van der Waals surface area contributed by atoms with Crippen LogP contribution in [-0.2, 0) is 19.4 Å². The lowest BCUT2D eigenvalue weighted by molar-refractivity contribution is 0.257. The number of thiophene rings is 1. The van der Waals surface area contributed by atoms with Crippen LogP contribution in [0.2, 0.25) is 5.02 Å². The molecule has 1 aliphatic rings. The molecule has 0 N–H and O–H groups in total. The summed E-state index contributed by atoms with van der Waals surface area (Å²) in [5.41, 5.74) is 4.32. The van der Waals surface area contributed by atoms with E-state index in [1.54, 1.807) is 11.3 Å². The van der Waals surface area contributed by atoms with E-state index in [-0.39, 0.29) is 0 Å². The van der Waals surface area contributed by atoms with E-state index in [2.05, 4.69) is 33.9 Å². The third-order valence-electron chi connectivity index (χ3n) is 3.56. The van der Waals surface area contributed by atoms with E-state index in [1.165, 1.54) is 23.2 Å². The molecule has 1 aromatic carbocycles. The third kappa shape index (κ3) is 2.77. The van der Waals surface area contributed by atoms with Crippen LogP contribution < -0.4 is 0 Å². The van der Waals surface area contributed by atoms with Gasteiger partial charge in [-0.15, -0.1) is 0 Å². The summed E-state index contributed by atoms with van der Waals surface area (Å²) in [6.07, 6.45) is 2.30. The summed E-state index contributed by atoms with van der Waals surface area (Å²) in [4.78, 5) is 2.52. The van der Waals surface area contributed by atoms with Crippen molar-refractivity contribution >= 4 is 22.9 Å². The van der Waals surface area contributed by atoms with Crippen molar-refractivity contribution in [2.75, 3.05) is 13.1 Å². The summed E-state index contributed by atoms with van der Waals surface area (Å²) < 4.78 is 0. The highest BCUT2D eigenvalue weighted by Crippen LogP contribution is 2.22. The molecular formula is C15H16ClNS. The Balaban J connectivity index is 1.63. The van der Waals surface area contributed by atoms with Crippen LogP contribution in [0.1, 0.15) is 16.7 Å². The molecule has 1 aromatic heterocycles. The fourth-order valence-corrected chi connectivity index (χ4v) is 3.39. The first-order valence-corrected chi connectivity index (χ1v) is 7.64. The molecule has 0 amide bonds. The third-order valence-corrected chi connectivity index (χ3v) is 4.52. The van der Waals surface area contributed by atoms with Crippen molar-refractivity contribution in [3.8, 4) is 0 Å². The topological polar surface area (TPSA) is 3.24 Å². The molecule has 2 aromatic rings. The highest BCUT2D eigenvalue weighted by atomic mass is 35.5. The maximum atomic E-state index is 6.07. The maximum absolute atomic E-state index is 6.07. The standard InChI is InChI=1S/C15H16ClNS/c16-15-2-1-13-4-7-17(10-14(13)9-15)6-3-12-5-8-18-11-12/h1-2,5,8-9,11H,3-4,6-7,10H2. The summed E-state index contributed by atoms with van der Waals surface area (Å²) in [6.45, 7) is 3.35. The Morgan fingerprint density at radius 1 is 1.22 bits per heavy atom. The van der Waals surface area contributed by atoms with Crippen molar-refractivity contribution in [3.05, 3.63) is 56.7 Å². The Kier molecular flexibility index (Phi) is 3.69. The van der Waals surface area contributed by atoms with E-state index in [1.807, 2.05) is 6.07 Å². The van der Waals surface area contributed by atoms with E-state index in [0.29, 0.717) is 0 Å². The SMILES string of the molecule is Clc1ccc2c(c1)CN(CCc1ccsc1)CC2. The molecule has 94 valence electrons. The zero-order valence-corrected chi connectivity index (χ0v) is 11.8. The minimum atomic E-state index is 0.855. The number of rotatable bonds is 3. The molecule has 3 heteroatoms. The summed E-state index contributed by atoms with van der Waals surface area (Å²) in [5, 5.41) is 5.25. The Morgan fingerprint density at radius 2 is 2.17 bits per heavy atom. The number of hydrogen-bond acceptors (Lipinski definition) is 2. The van der Waals surface area contributed by atoms with E-state index in [4.69, 9.17) is 11.6 Å². The second-order valence-corrected chi connectivity index (χ2v) is 6.04. The molecule has 0 radical (unpaired) electrons. The van der Waals surface area contributed by atoms with Gasteiger partial charge in [-0.3, -0.25) is 4.90 Å². The van der Waals surface area contributed by atoms with Gasteiger partial charge in [0.1, 0.15) is 0 Å². The molecule has 0 spiro atoms. The first-order valence-electron chi connectivity index (χ1n) is 6.32. The summed E-state index contributed by atoms with van der Waals surface area (Å²) in [5.74, 6) is 0. The smallest absolute Gasteiger partial charge is 0.0409 e. The monoisotopic (exact) mass is 277 g/mol. The van der Waals surface area contributed by atoms with Crippen LogP contribution in [0.4, 0.5) is 0 Å². The van der Waals surface area contributed by atoms with Crippen LogP contribution in [0.25, 0.3) is 0 Å². The van der Waals surface area contributed by atoms with Crippen molar-refractivity contribution in [2.24, 2.45) is 0 Å². The van der Waals surface area contributed by atoms with Gasteiger partial charge in [-0.2, -0.15) is 11.3 Å². The van der Waals surface area contributed by atoms with Gasteiger partial charge in [0.05, 0.1) is 0 Å². The zero-order chi connectivity index (χ0) is 12.4. The molecule has 0 fully saturated rings. The van der Waals surface area contributed by atoms with Crippen molar-refractivity contribution in [1.29, 1.82) is 0 Å². The van der Waals surface area contributed by atoms with Gasteiger partial charge >= 0.3 is 0 Å². The quantitative estimate of drug-likeness (QED) is 0.820. The van der Waals surface area contributed by atoms with E-state index < -0.39 is 0 Å².